The number of hydrogen-bond acceptors (Lipinski definition) is 3. The average molecular weight is 341 g/mol. The minimum absolute atomic E-state index is 0.00161. The van der Waals surface area contributed by atoms with Crippen molar-refractivity contribution >= 4 is 6.03 Å². The summed E-state index contributed by atoms with van der Waals surface area (Å²) in [7, 11) is 1.83. The quantitative estimate of drug-likeness (QED) is 0.879. The zero-order valence-corrected chi connectivity index (χ0v) is 14.8. The van der Waals surface area contributed by atoms with E-state index in [2.05, 4.69) is 45.8 Å². The predicted octanol–water partition coefficient (Wildman–Crippen LogP) is 2.89. The number of rotatable bonds is 6. The number of hydrogen-bond donors (Lipinski definition) is 1. The Morgan fingerprint density at radius 3 is 2.52 bits per heavy atom. The van der Waals surface area contributed by atoms with Crippen molar-refractivity contribution in [1.29, 1.82) is 0 Å². The molecule has 6 nitrogen and oxygen atoms in total. The van der Waals surface area contributed by atoms with Gasteiger partial charge in [-0.1, -0.05) is 30.3 Å². The topological polar surface area (TPSA) is 63.1 Å². The van der Waals surface area contributed by atoms with Crippen molar-refractivity contribution in [2.75, 3.05) is 20.1 Å². The van der Waals surface area contributed by atoms with Crippen molar-refractivity contribution in [1.82, 2.24) is 25.0 Å². The molecule has 2 amide bonds. The van der Waals surface area contributed by atoms with Crippen LogP contribution in [-0.2, 0) is 6.54 Å². The highest BCUT2D eigenvalue weighted by molar-refractivity contribution is 5.73. The van der Waals surface area contributed by atoms with Crippen molar-refractivity contribution in [2.24, 2.45) is 5.92 Å². The van der Waals surface area contributed by atoms with Gasteiger partial charge in [-0.25, -0.2) is 4.79 Å². The second kappa shape index (κ2) is 8.65. The van der Waals surface area contributed by atoms with Gasteiger partial charge in [0.15, 0.2) is 0 Å². The molecule has 1 aliphatic rings. The van der Waals surface area contributed by atoms with Gasteiger partial charge in [-0.2, -0.15) is 0 Å². The van der Waals surface area contributed by atoms with Crippen molar-refractivity contribution in [2.45, 2.75) is 38.1 Å². The minimum atomic E-state index is -0.00161. The molecular weight excluding hydrogens is 314 g/mol. The molecule has 1 aliphatic carbocycles. The van der Waals surface area contributed by atoms with Gasteiger partial charge in [-0.05, 0) is 43.1 Å². The maximum absolute atomic E-state index is 12.2. The van der Waals surface area contributed by atoms with Crippen molar-refractivity contribution in [3.8, 4) is 0 Å². The molecule has 1 saturated carbocycles. The van der Waals surface area contributed by atoms with Gasteiger partial charge in [-0.3, -0.25) is 0 Å². The molecule has 25 heavy (non-hydrogen) atoms. The third-order valence-electron chi connectivity index (χ3n) is 5.17. The second-order valence-electron chi connectivity index (χ2n) is 6.94. The van der Waals surface area contributed by atoms with Gasteiger partial charge in [0.25, 0.3) is 0 Å². The SMILES string of the molecule is CN(CCn1cnnc1)C(=O)NCC1CCC(c2ccccc2)CC1. The van der Waals surface area contributed by atoms with Crippen LogP contribution in [0.3, 0.4) is 0 Å². The normalized spacial score (nSPS) is 20.2. The van der Waals surface area contributed by atoms with E-state index in [1.807, 2.05) is 11.6 Å². The summed E-state index contributed by atoms with van der Waals surface area (Å²) < 4.78 is 1.87. The van der Waals surface area contributed by atoms with E-state index in [0.717, 1.165) is 6.54 Å². The van der Waals surface area contributed by atoms with Crippen LogP contribution in [0.25, 0.3) is 0 Å². The zero-order valence-electron chi connectivity index (χ0n) is 14.8. The summed E-state index contributed by atoms with van der Waals surface area (Å²) in [4.78, 5) is 13.9. The Hall–Kier alpha value is -2.37. The standard InChI is InChI=1S/C19H27N5O/c1-23(11-12-24-14-21-22-15-24)19(25)20-13-16-7-9-18(10-8-16)17-5-3-2-4-6-17/h2-6,14-16,18H,7-13H2,1H3,(H,20,25). The van der Waals surface area contributed by atoms with Gasteiger partial charge in [0, 0.05) is 26.7 Å². The smallest absolute Gasteiger partial charge is 0.317 e. The summed E-state index contributed by atoms with van der Waals surface area (Å²) in [6, 6.07) is 10.8. The molecule has 0 aliphatic heterocycles. The molecule has 1 heterocycles. The van der Waals surface area contributed by atoms with Crippen LogP contribution < -0.4 is 5.32 Å². The van der Waals surface area contributed by atoms with Gasteiger partial charge in [0.1, 0.15) is 12.7 Å². The first kappa shape index (κ1) is 17.5. The van der Waals surface area contributed by atoms with Crippen LogP contribution in [0.4, 0.5) is 4.79 Å². The van der Waals surface area contributed by atoms with Crippen LogP contribution in [0.5, 0.6) is 0 Å². The number of nitrogens with zero attached hydrogens (tertiary/aromatic N) is 4. The fourth-order valence-electron chi connectivity index (χ4n) is 3.50. The lowest BCUT2D eigenvalue weighted by Crippen LogP contribution is -2.41. The molecule has 0 unspecified atom stereocenters. The maximum Gasteiger partial charge on any atom is 0.317 e. The third kappa shape index (κ3) is 5.05. The fraction of sp³-hybridized carbons (Fsp3) is 0.526. The largest absolute Gasteiger partial charge is 0.338 e. The molecule has 1 aromatic heterocycles. The van der Waals surface area contributed by atoms with Crippen LogP contribution in [0.1, 0.15) is 37.2 Å². The van der Waals surface area contributed by atoms with Crippen molar-refractivity contribution in [3.63, 3.8) is 0 Å². The molecule has 1 N–H and O–H groups in total. The number of carbonyl (C=O) groups is 1. The highest BCUT2D eigenvalue weighted by atomic mass is 16.2. The molecular formula is C19H27N5O. The highest BCUT2D eigenvalue weighted by Crippen LogP contribution is 2.35. The number of aromatic nitrogens is 3. The lowest BCUT2D eigenvalue weighted by molar-refractivity contribution is 0.202. The monoisotopic (exact) mass is 341 g/mol. The molecule has 2 aromatic rings. The predicted molar refractivity (Wildman–Crippen MR) is 97.2 cm³/mol. The van der Waals surface area contributed by atoms with Crippen molar-refractivity contribution in [3.05, 3.63) is 48.5 Å². The molecule has 0 spiro atoms. The van der Waals surface area contributed by atoms with E-state index in [9.17, 15) is 4.79 Å². The molecule has 134 valence electrons. The minimum Gasteiger partial charge on any atom is -0.338 e. The zero-order chi connectivity index (χ0) is 17.5. The van der Waals surface area contributed by atoms with E-state index in [4.69, 9.17) is 0 Å². The van der Waals surface area contributed by atoms with Gasteiger partial charge in [-0.15, -0.1) is 10.2 Å². The molecule has 0 radical (unpaired) electrons. The van der Waals surface area contributed by atoms with Crippen molar-refractivity contribution < 1.29 is 4.79 Å². The van der Waals surface area contributed by atoms with Crippen LogP contribution in [0.2, 0.25) is 0 Å². The lowest BCUT2D eigenvalue weighted by atomic mass is 9.79. The van der Waals surface area contributed by atoms with E-state index in [-0.39, 0.29) is 6.03 Å². The fourth-order valence-corrected chi connectivity index (χ4v) is 3.50. The highest BCUT2D eigenvalue weighted by Gasteiger charge is 2.22. The van der Waals surface area contributed by atoms with E-state index in [1.54, 1.807) is 17.6 Å². The van der Waals surface area contributed by atoms with Crippen LogP contribution in [-0.4, -0.2) is 45.8 Å². The van der Waals surface area contributed by atoms with Gasteiger partial charge in [0.2, 0.25) is 0 Å². The Kier molecular flexibility index (Phi) is 6.04. The summed E-state index contributed by atoms with van der Waals surface area (Å²) in [5.41, 5.74) is 1.46. The summed E-state index contributed by atoms with van der Waals surface area (Å²) in [6.45, 7) is 2.13. The number of likely N-dealkylation sites (N-methyl/N-ethyl adjacent to an activating group) is 1. The van der Waals surface area contributed by atoms with Crippen LogP contribution >= 0.6 is 0 Å². The number of carbonyl (C=O) groups excluding carboxylic acids is 1. The molecule has 6 heteroatoms. The van der Waals surface area contributed by atoms with E-state index in [0.29, 0.717) is 24.9 Å². The van der Waals surface area contributed by atoms with Gasteiger partial charge < -0.3 is 14.8 Å². The Morgan fingerprint density at radius 2 is 1.84 bits per heavy atom. The van der Waals surface area contributed by atoms with Crippen LogP contribution in [0, 0.1) is 5.92 Å². The first-order chi connectivity index (χ1) is 12.2. The van der Waals surface area contributed by atoms with E-state index < -0.39 is 0 Å². The number of benzene rings is 1. The summed E-state index contributed by atoms with van der Waals surface area (Å²) in [6.07, 6.45) is 8.13. The van der Waals surface area contributed by atoms with E-state index in [1.165, 1.54) is 31.2 Å². The van der Waals surface area contributed by atoms with Crippen LogP contribution in [0.15, 0.2) is 43.0 Å². The van der Waals surface area contributed by atoms with Gasteiger partial charge >= 0.3 is 6.03 Å². The maximum atomic E-state index is 12.2. The Morgan fingerprint density at radius 1 is 1.16 bits per heavy atom. The molecule has 0 saturated heterocycles. The summed E-state index contributed by atoms with van der Waals surface area (Å²) >= 11 is 0. The average Bonchev–Trinajstić information content (AvgIpc) is 3.19. The number of nitrogens with one attached hydrogen (secondary N) is 1. The first-order valence-corrected chi connectivity index (χ1v) is 9.08. The molecule has 0 atom stereocenters. The first-order valence-electron chi connectivity index (χ1n) is 9.08. The molecule has 3 rings (SSSR count). The Bertz CT molecular complexity index is 635. The van der Waals surface area contributed by atoms with Gasteiger partial charge in [0.05, 0.1) is 0 Å². The molecule has 1 fully saturated rings. The number of urea groups is 1. The number of amides is 2. The summed E-state index contributed by atoms with van der Waals surface area (Å²) in [5, 5.41) is 10.6. The lowest BCUT2D eigenvalue weighted by Gasteiger charge is -2.29. The summed E-state index contributed by atoms with van der Waals surface area (Å²) in [5.74, 6) is 1.27. The third-order valence-corrected chi connectivity index (χ3v) is 5.17. The Balaban J connectivity index is 1.35. The second-order valence-corrected chi connectivity index (χ2v) is 6.94. The molecule has 1 aromatic carbocycles. The Labute approximate surface area is 149 Å². The van der Waals surface area contributed by atoms with E-state index >= 15 is 0 Å². The molecule has 0 bridgehead atoms.